The molecule has 3 heteroatoms. The van der Waals surface area contributed by atoms with E-state index in [0.717, 1.165) is 11.1 Å². The van der Waals surface area contributed by atoms with E-state index in [4.69, 9.17) is 4.74 Å². The Bertz CT molecular complexity index is 498. The van der Waals surface area contributed by atoms with Gasteiger partial charge in [0.15, 0.2) is 0 Å². The molecule has 2 nitrogen and oxygen atoms in total. The van der Waals surface area contributed by atoms with Gasteiger partial charge in [0.05, 0.1) is 0 Å². The van der Waals surface area contributed by atoms with Crippen LogP contribution in [0.1, 0.15) is 20.8 Å². The highest BCUT2D eigenvalue weighted by Gasteiger charge is 2.07. The highest BCUT2D eigenvalue weighted by Crippen LogP contribution is 2.12. The van der Waals surface area contributed by atoms with Gasteiger partial charge in [-0.2, -0.15) is 0 Å². The van der Waals surface area contributed by atoms with Gasteiger partial charge in [-0.25, -0.2) is 4.79 Å². The maximum Gasteiger partial charge on any atom is 0.348 e. The van der Waals surface area contributed by atoms with E-state index < -0.39 is 0 Å². The molecule has 0 saturated heterocycles. The van der Waals surface area contributed by atoms with E-state index in [1.807, 2.05) is 35.7 Å². The van der Waals surface area contributed by atoms with Crippen molar-refractivity contribution in [2.45, 2.75) is 6.61 Å². The van der Waals surface area contributed by atoms with Crippen molar-refractivity contribution in [1.82, 2.24) is 0 Å². The van der Waals surface area contributed by atoms with Crippen molar-refractivity contribution in [2.75, 3.05) is 0 Å². The van der Waals surface area contributed by atoms with Crippen LogP contribution in [-0.4, -0.2) is 5.97 Å². The normalized spacial score (nSPS) is 9.88. The second-order valence-corrected chi connectivity index (χ2v) is 4.45. The van der Waals surface area contributed by atoms with Crippen LogP contribution in [0, 0.1) is 0 Å². The molecule has 0 aliphatic heterocycles. The van der Waals surface area contributed by atoms with Gasteiger partial charge in [-0.3, -0.25) is 0 Å². The Hall–Kier alpha value is -1.87. The fourth-order valence-corrected chi connectivity index (χ4v) is 1.98. The largest absolute Gasteiger partial charge is 0.457 e. The summed E-state index contributed by atoms with van der Waals surface area (Å²) in [6, 6.07) is 11.3. The Labute approximate surface area is 104 Å². The zero-order valence-corrected chi connectivity index (χ0v) is 10.1. The molecule has 0 N–H and O–H groups in total. The molecular formula is C14H12O2S. The van der Waals surface area contributed by atoms with E-state index in [0.29, 0.717) is 11.5 Å². The number of hydrogen-bond acceptors (Lipinski definition) is 3. The summed E-state index contributed by atoms with van der Waals surface area (Å²) < 4.78 is 5.19. The van der Waals surface area contributed by atoms with Crippen LogP contribution in [-0.2, 0) is 11.3 Å². The van der Waals surface area contributed by atoms with E-state index >= 15 is 0 Å². The summed E-state index contributed by atoms with van der Waals surface area (Å²) in [6.07, 6.45) is 1.78. The van der Waals surface area contributed by atoms with Gasteiger partial charge >= 0.3 is 5.97 Å². The van der Waals surface area contributed by atoms with Crippen LogP contribution in [0.2, 0.25) is 0 Å². The highest BCUT2D eigenvalue weighted by molar-refractivity contribution is 7.11. The topological polar surface area (TPSA) is 26.3 Å². The van der Waals surface area contributed by atoms with Gasteiger partial charge in [0.1, 0.15) is 11.5 Å². The van der Waals surface area contributed by atoms with Crippen LogP contribution in [0.25, 0.3) is 6.08 Å². The molecule has 0 amide bonds. The molecule has 1 heterocycles. The van der Waals surface area contributed by atoms with E-state index in [1.165, 1.54) is 11.3 Å². The van der Waals surface area contributed by atoms with E-state index in [-0.39, 0.29) is 5.97 Å². The first-order valence-electron chi connectivity index (χ1n) is 5.21. The molecule has 17 heavy (non-hydrogen) atoms. The lowest BCUT2D eigenvalue weighted by atomic mass is 10.1. The first kappa shape index (κ1) is 11.6. The summed E-state index contributed by atoms with van der Waals surface area (Å²) in [7, 11) is 0. The Morgan fingerprint density at radius 1 is 1.29 bits per heavy atom. The molecule has 0 fully saturated rings. The maximum absolute atomic E-state index is 11.6. The number of ether oxygens (including phenoxy) is 1. The summed E-state index contributed by atoms with van der Waals surface area (Å²) in [5.74, 6) is -0.271. The summed E-state index contributed by atoms with van der Waals surface area (Å²) in [4.78, 5) is 12.2. The predicted molar refractivity (Wildman–Crippen MR) is 70.0 cm³/mol. The SMILES string of the molecule is C=Cc1ccc(COC(=O)c2cccs2)cc1. The van der Waals surface area contributed by atoms with Crippen molar-refractivity contribution in [2.24, 2.45) is 0 Å². The minimum Gasteiger partial charge on any atom is -0.457 e. The van der Waals surface area contributed by atoms with Crippen molar-refractivity contribution in [3.8, 4) is 0 Å². The average molecular weight is 244 g/mol. The molecule has 2 aromatic rings. The first-order valence-corrected chi connectivity index (χ1v) is 6.09. The van der Waals surface area contributed by atoms with Gasteiger partial charge in [0.25, 0.3) is 0 Å². The molecule has 0 atom stereocenters. The number of carbonyl (C=O) groups excluding carboxylic acids is 1. The number of thiophene rings is 1. The maximum atomic E-state index is 11.6. The van der Waals surface area contributed by atoms with E-state index in [9.17, 15) is 4.79 Å². The van der Waals surface area contributed by atoms with Crippen molar-refractivity contribution >= 4 is 23.4 Å². The van der Waals surface area contributed by atoms with Gasteiger partial charge < -0.3 is 4.74 Å². The molecule has 0 saturated carbocycles. The Balaban J connectivity index is 1.93. The summed E-state index contributed by atoms with van der Waals surface area (Å²) in [5.41, 5.74) is 2.03. The zero-order chi connectivity index (χ0) is 12.1. The third kappa shape index (κ3) is 3.04. The Morgan fingerprint density at radius 2 is 2.06 bits per heavy atom. The van der Waals surface area contributed by atoms with Crippen LogP contribution in [0.15, 0.2) is 48.4 Å². The molecule has 1 aromatic carbocycles. The van der Waals surface area contributed by atoms with Crippen molar-refractivity contribution in [1.29, 1.82) is 0 Å². The molecule has 86 valence electrons. The lowest BCUT2D eigenvalue weighted by Gasteiger charge is -2.03. The third-order valence-electron chi connectivity index (χ3n) is 2.31. The van der Waals surface area contributed by atoms with Gasteiger partial charge in [-0.05, 0) is 22.6 Å². The summed E-state index contributed by atoms with van der Waals surface area (Å²) in [5, 5.41) is 1.86. The molecule has 0 aliphatic rings. The van der Waals surface area contributed by atoms with Gasteiger partial charge in [-0.1, -0.05) is 43.0 Å². The minimum atomic E-state index is -0.271. The van der Waals surface area contributed by atoms with Crippen LogP contribution in [0.3, 0.4) is 0 Å². The van der Waals surface area contributed by atoms with Gasteiger partial charge in [0, 0.05) is 0 Å². The van der Waals surface area contributed by atoms with Crippen molar-refractivity contribution < 1.29 is 9.53 Å². The Morgan fingerprint density at radius 3 is 2.65 bits per heavy atom. The minimum absolute atomic E-state index is 0.271. The predicted octanol–water partition coefficient (Wildman–Crippen LogP) is 3.75. The lowest BCUT2D eigenvalue weighted by Crippen LogP contribution is -2.02. The summed E-state index contributed by atoms with van der Waals surface area (Å²) in [6.45, 7) is 3.98. The van der Waals surface area contributed by atoms with Gasteiger partial charge in [-0.15, -0.1) is 11.3 Å². The van der Waals surface area contributed by atoms with Crippen molar-refractivity contribution in [3.63, 3.8) is 0 Å². The van der Waals surface area contributed by atoms with Crippen LogP contribution in [0.5, 0.6) is 0 Å². The fourth-order valence-electron chi connectivity index (χ4n) is 1.36. The number of hydrogen-bond donors (Lipinski definition) is 0. The molecule has 0 unspecified atom stereocenters. The van der Waals surface area contributed by atoms with E-state index in [1.54, 1.807) is 12.1 Å². The van der Waals surface area contributed by atoms with Crippen molar-refractivity contribution in [3.05, 3.63) is 64.4 Å². The average Bonchev–Trinajstić information content (AvgIpc) is 2.90. The number of carbonyl (C=O) groups is 1. The molecule has 2 rings (SSSR count). The number of rotatable bonds is 4. The van der Waals surface area contributed by atoms with Crippen LogP contribution < -0.4 is 0 Å². The quantitative estimate of drug-likeness (QED) is 0.766. The molecule has 0 bridgehead atoms. The smallest absolute Gasteiger partial charge is 0.348 e. The zero-order valence-electron chi connectivity index (χ0n) is 9.26. The van der Waals surface area contributed by atoms with E-state index in [2.05, 4.69) is 6.58 Å². The second-order valence-electron chi connectivity index (χ2n) is 3.50. The molecule has 0 spiro atoms. The summed E-state index contributed by atoms with van der Waals surface area (Å²) >= 11 is 1.38. The molecule has 0 aliphatic carbocycles. The monoisotopic (exact) mass is 244 g/mol. The Kier molecular flexibility index (Phi) is 3.73. The molecule has 1 aromatic heterocycles. The fraction of sp³-hybridized carbons (Fsp3) is 0.0714. The van der Waals surface area contributed by atoms with Gasteiger partial charge in [0.2, 0.25) is 0 Å². The second kappa shape index (κ2) is 5.46. The lowest BCUT2D eigenvalue weighted by molar-refractivity contribution is 0.0478. The van der Waals surface area contributed by atoms with Crippen LogP contribution in [0.4, 0.5) is 0 Å². The third-order valence-corrected chi connectivity index (χ3v) is 3.16. The highest BCUT2D eigenvalue weighted by atomic mass is 32.1. The molecular weight excluding hydrogens is 232 g/mol. The first-order chi connectivity index (χ1) is 8.29. The number of benzene rings is 1. The standard InChI is InChI=1S/C14H12O2S/c1-2-11-5-7-12(8-6-11)10-16-14(15)13-4-3-9-17-13/h2-9H,1,10H2. The van der Waals surface area contributed by atoms with Crippen LogP contribution >= 0.6 is 11.3 Å². The molecule has 0 radical (unpaired) electrons. The number of esters is 1.